The third-order valence-electron chi connectivity index (χ3n) is 2.81. The maximum absolute atomic E-state index is 13.2. The first kappa shape index (κ1) is 9.94. The lowest BCUT2D eigenvalue weighted by Crippen LogP contribution is -2.13. The van der Waals surface area contributed by atoms with E-state index in [9.17, 15) is 4.39 Å². The smallest absolute Gasteiger partial charge is 0.142 e. The molecule has 0 aliphatic carbocycles. The summed E-state index contributed by atoms with van der Waals surface area (Å²) < 4.78 is 13.2. The van der Waals surface area contributed by atoms with E-state index in [1.54, 1.807) is 6.07 Å². The van der Waals surface area contributed by atoms with E-state index < -0.39 is 0 Å². The van der Waals surface area contributed by atoms with Crippen LogP contribution in [0.25, 0.3) is 0 Å². The molecule has 14 heavy (non-hydrogen) atoms. The lowest BCUT2D eigenvalue weighted by atomic mass is 9.98. The summed E-state index contributed by atoms with van der Waals surface area (Å²) in [6.45, 7) is 2.04. The maximum atomic E-state index is 13.2. The van der Waals surface area contributed by atoms with Crippen molar-refractivity contribution < 1.29 is 4.39 Å². The van der Waals surface area contributed by atoms with Crippen LogP contribution in [0.1, 0.15) is 17.9 Å². The van der Waals surface area contributed by atoms with Crippen LogP contribution in [0.2, 0.25) is 5.02 Å². The van der Waals surface area contributed by atoms with Gasteiger partial charge in [-0.25, -0.2) is 4.39 Å². The highest BCUT2D eigenvalue weighted by atomic mass is 35.5. The molecule has 1 aliphatic heterocycles. The number of benzene rings is 1. The van der Waals surface area contributed by atoms with Crippen LogP contribution in [0.15, 0.2) is 18.2 Å². The third-order valence-corrected chi connectivity index (χ3v) is 3.21. The van der Waals surface area contributed by atoms with Gasteiger partial charge in [-0.05, 0) is 37.6 Å². The van der Waals surface area contributed by atoms with Crippen molar-refractivity contribution in [2.45, 2.75) is 12.3 Å². The van der Waals surface area contributed by atoms with Crippen molar-refractivity contribution in [3.8, 4) is 0 Å². The van der Waals surface area contributed by atoms with Gasteiger partial charge < -0.3 is 4.90 Å². The van der Waals surface area contributed by atoms with Crippen molar-refractivity contribution in [1.82, 2.24) is 4.90 Å². The summed E-state index contributed by atoms with van der Waals surface area (Å²) in [5.74, 6) is 0.0851. The van der Waals surface area contributed by atoms with Gasteiger partial charge in [0.1, 0.15) is 5.82 Å². The molecule has 1 unspecified atom stereocenters. The van der Waals surface area contributed by atoms with E-state index in [-0.39, 0.29) is 5.82 Å². The fraction of sp³-hybridized carbons (Fsp3) is 0.455. The minimum atomic E-state index is -0.307. The second-order valence-electron chi connectivity index (χ2n) is 3.89. The highest BCUT2D eigenvalue weighted by Gasteiger charge is 2.23. The minimum Gasteiger partial charge on any atom is -0.306 e. The number of hydrogen-bond acceptors (Lipinski definition) is 1. The molecule has 1 aromatic carbocycles. The monoisotopic (exact) mass is 213 g/mol. The summed E-state index contributed by atoms with van der Waals surface area (Å²) >= 11 is 5.93. The van der Waals surface area contributed by atoms with Gasteiger partial charge in [-0.15, -0.1) is 0 Å². The Balaban J connectivity index is 2.28. The van der Waals surface area contributed by atoms with Crippen molar-refractivity contribution in [2.24, 2.45) is 0 Å². The summed E-state index contributed by atoms with van der Waals surface area (Å²) in [6, 6.07) is 5.06. The molecule has 0 radical (unpaired) electrons. The first-order chi connectivity index (χ1) is 6.68. The Morgan fingerprint density at radius 3 is 2.93 bits per heavy atom. The molecule has 3 heteroatoms. The van der Waals surface area contributed by atoms with E-state index in [0.717, 1.165) is 25.1 Å². The Morgan fingerprint density at radius 2 is 2.29 bits per heavy atom. The summed E-state index contributed by atoms with van der Waals surface area (Å²) in [5, 5.41) is 0.299. The summed E-state index contributed by atoms with van der Waals surface area (Å²) in [4.78, 5) is 2.24. The zero-order valence-electron chi connectivity index (χ0n) is 8.13. The van der Waals surface area contributed by atoms with E-state index in [1.165, 1.54) is 6.07 Å². The SMILES string of the molecule is CN1CCC(c2cccc(F)c2Cl)C1. The van der Waals surface area contributed by atoms with Crippen molar-refractivity contribution in [1.29, 1.82) is 0 Å². The van der Waals surface area contributed by atoms with Crippen LogP contribution in [0.4, 0.5) is 4.39 Å². The molecule has 1 aromatic rings. The zero-order valence-corrected chi connectivity index (χ0v) is 8.89. The molecule has 1 atom stereocenters. The number of rotatable bonds is 1. The molecule has 0 saturated carbocycles. The fourth-order valence-corrected chi connectivity index (χ4v) is 2.30. The van der Waals surface area contributed by atoms with E-state index in [0.29, 0.717) is 10.9 Å². The zero-order chi connectivity index (χ0) is 10.1. The molecule has 2 rings (SSSR count). The van der Waals surface area contributed by atoms with E-state index >= 15 is 0 Å². The maximum Gasteiger partial charge on any atom is 0.142 e. The Bertz CT molecular complexity index is 340. The van der Waals surface area contributed by atoms with Crippen molar-refractivity contribution in [2.75, 3.05) is 20.1 Å². The van der Waals surface area contributed by atoms with Crippen LogP contribution in [0, 0.1) is 5.82 Å². The standard InChI is InChI=1S/C11H13ClFN/c1-14-6-5-8(7-14)9-3-2-4-10(13)11(9)12/h2-4,8H,5-7H2,1H3. The Hall–Kier alpha value is -0.600. The second kappa shape index (κ2) is 3.87. The van der Waals surface area contributed by atoms with Gasteiger partial charge in [0, 0.05) is 6.54 Å². The molecule has 1 aliphatic rings. The number of likely N-dealkylation sites (N-methyl/N-ethyl adjacent to an activating group) is 1. The van der Waals surface area contributed by atoms with Gasteiger partial charge in [0.25, 0.3) is 0 Å². The predicted octanol–water partition coefficient (Wildman–Crippen LogP) is 2.90. The molecule has 1 fully saturated rings. The van der Waals surface area contributed by atoms with Crippen LogP contribution in [-0.4, -0.2) is 25.0 Å². The van der Waals surface area contributed by atoms with Gasteiger partial charge in [0.15, 0.2) is 0 Å². The van der Waals surface area contributed by atoms with Gasteiger partial charge in [-0.1, -0.05) is 23.7 Å². The third kappa shape index (κ3) is 1.77. The fourth-order valence-electron chi connectivity index (χ4n) is 2.02. The van der Waals surface area contributed by atoms with Crippen LogP contribution >= 0.6 is 11.6 Å². The number of nitrogens with zero attached hydrogens (tertiary/aromatic N) is 1. The Morgan fingerprint density at radius 1 is 1.50 bits per heavy atom. The van der Waals surface area contributed by atoms with Crippen LogP contribution in [0.3, 0.4) is 0 Å². The van der Waals surface area contributed by atoms with Gasteiger partial charge in [0.2, 0.25) is 0 Å². The molecule has 76 valence electrons. The highest BCUT2D eigenvalue weighted by Crippen LogP contribution is 2.32. The topological polar surface area (TPSA) is 3.24 Å². The Labute approximate surface area is 88.5 Å². The average Bonchev–Trinajstić information content (AvgIpc) is 2.57. The first-order valence-corrected chi connectivity index (χ1v) is 5.18. The Kier molecular flexibility index (Phi) is 2.75. The van der Waals surface area contributed by atoms with Crippen LogP contribution < -0.4 is 0 Å². The van der Waals surface area contributed by atoms with Crippen LogP contribution in [0.5, 0.6) is 0 Å². The molecule has 1 heterocycles. The normalized spacial score (nSPS) is 22.9. The van der Waals surface area contributed by atoms with Crippen LogP contribution in [-0.2, 0) is 0 Å². The predicted molar refractivity (Wildman–Crippen MR) is 56.3 cm³/mol. The molecular weight excluding hydrogens is 201 g/mol. The number of hydrogen-bond donors (Lipinski definition) is 0. The van der Waals surface area contributed by atoms with Crippen molar-refractivity contribution >= 4 is 11.6 Å². The molecule has 0 N–H and O–H groups in total. The minimum absolute atomic E-state index is 0.299. The second-order valence-corrected chi connectivity index (χ2v) is 4.27. The molecule has 0 aromatic heterocycles. The van der Waals surface area contributed by atoms with Gasteiger partial charge in [-0.2, -0.15) is 0 Å². The average molecular weight is 214 g/mol. The largest absolute Gasteiger partial charge is 0.306 e. The summed E-state index contributed by atoms with van der Waals surface area (Å²) in [6.07, 6.45) is 1.07. The van der Waals surface area contributed by atoms with Crippen molar-refractivity contribution in [3.05, 3.63) is 34.6 Å². The molecular formula is C11H13ClFN. The van der Waals surface area contributed by atoms with E-state index in [2.05, 4.69) is 11.9 Å². The molecule has 0 amide bonds. The highest BCUT2D eigenvalue weighted by molar-refractivity contribution is 6.31. The van der Waals surface area contributed by atoms with Gasteiger partial charge in [0.05, 0.1) is 5.02 Å². The molecule has 0 bridgehead atoms. The quantitative estimate of drug-likeness (QED) is 0.694. The molecule has 0 spiro atoms. The summed E-state index contributed by atoms with van der Waals surface area (Å²) in [5.41, 5.74) is 0.955. The van der Waals surface area contributed by atoms with Crippen molar-refractivity contribution in [3.63, 3.8) is 0 Å². The molecule has 1 saturated heterocycles. The lowest BCUT2D eigenvalue weighted by Gasteiger charge is -2.12. The molecule has 1 nitrogen and oxygen atoms in total. The van der Waals surface area contributed by atoms with E-state index in [1.807, 2.05) is 6.07 Å². The van der Waals surface area contributed by atoms with E-state index in [4.69, 9.17) is 11.6 Å². The lowest BCUT2D eigenvalue weighted by molar-refractivity contribution is 0.411. The first-order valence-electron chi connectivity index (χ1n) is 4.81. The van der Waals surface area contributed by atoms with Gasteiger partial charge in [-0.3, -0.25) is 0 Å². The number of halogens is 2. The summed E-state index contributed by atoms with van der Waals surface area (Å²) in [7, 11) is 2.08. The number of likely N-dealkylation sites (tertiary alicyclic amines) is 1. The van der Waals surface area contributed by atoms with Gasteiger partial charge >= 0.3 is 0 Å².